The van der Waals surface area contributed by atoms with Crippen LogP contribution in [-0.4, -0.2) is 7.11 Å². The van der Waals surface area contributed by atoms with Crippen LogP contribution in [0, 0.1) is 6.92 Å². The number of aryl methyl sites for hydroxylation is 1. The number of halogens is 1. The summed E-state index contributed by atoms with van der Waals surface area (Å²) in [4.78, 5) is 0. The summed E-state index contributed by atoms with van der Waals surface area (Å²) in [6.45, 7) is 3.95. The number of hydrogen-bond acceptors (Lipinski definition) is 4. The Morgan fingerprint density at radius 1 is 1.04 bits per heavy atom. The minimum atomic E-state index is 0.491. The summed E-state index contributed by atoms with van der Waals surface area (Å²) in [6, 6.07) is 16.2. The molecule has 0 fully saturated rings. The Kier molecular flexibility index (Phi) is 6.36. The zero-order valence-corrected chi connectivity index (χ0v) is 16.5. The molecule has 3 rings (SSSR count). The predicted octanol–water partition coefficient (Wildman–Crippen LogP) is 5.23. The average molecular weight is 416 g/mol. The zero-order chi connectivity index (χ0) is 18.4. The van der Waals surface area contributed by atoms with Gasteiger partial charge < -0.3 is 19.2 Å². The molecule has 0 bridgehead atoms. The monoisotopic (exact) mass is 415 g/mol. The predicted molar refractivity (Wildman–Crippen MR) is 105 cm³/mol. The molecule has 0 atom stereocenters. The van der Waals surface area contributed by atoms with E-state index in [1.54, 1.807) is 13.4 Å². The molecule has 26 heavy (non-hydrogen) atoms. The summed E-state index contributed by atoms with van der Waals surface area (Å²) < 4.78 is 17.7. The van der Waals surface area contributed by atoms with Crippen molar-refractivity contribution in [1.29, 1.82) is 0 Å². The van der Waals surface area contributed by atoms with E-state index in [1.807, 2.05) is 24.3 Å². The first-order chi connectivity index (χ1) is 12.7. The number of rotatable bonds is 8. The SMILES string of the molecule is COc1cc(CNCc2ccco2)cc(Br)c1OCc1ccc(C)cc1. The molecule has 0 aliphatic carbocycles. The van der Waals surface area contributed by atoms with Gasteiger partial charge in [0.1, 0.15) is 12.4 Å². The fourth-order valence-corrected chi connectivity index (χ4v) is 3.20. The second-order valence-corrected chi connectivity index (χ2v) is 6.92. The van der Waals surface area contributed by atoms with E-state index in [9.17, 15) is 0 Å². The Balaban J connectivity index is 1.65. The van der Waals surface area contributed by atoms with Gasteiger partial charge >= 0.3 is 0 Å². The van der Waals surface area contributed by atoms with E-state index in [0.29, 0.717) is 31.2 Å². The van der Waals surface area contributed by atoms with Crippen molar-refractivity contribution < 1.29 is 13.9 Å². The molecule has 4 nitrogen and oxygen atoms in total. The topological polar surface area (TPSA) is 43.6 Å². The van der Waals surface area contributed by atoms with Gasteiger partial charge in [0.15, 0.2) is 11.5 Å². The third-order valence-corrected chi connectivity index (χ3v) is 4.59. The summed E-state index contributed by atoms with van der Waals surface area (Å²) >= 11 is 3.60. The van der Waals surface area contributed by atoms with Gasteiger partial charge in [0.05, 0.1) is 24.4 Å². The van der Waals surface area contributed by atoms with Crippen molar-refractivity contribution >= 4 is 15.9 Å². The van der Waals surface area contributed by atoms with Crippen LogP contribution in [0.4, 0.5) is 0 Å². The van der Waals surface area contributed by atoms with E-state index < -0.39 is 0 Å². The van der Waals surface area contributed by atoms with Crippen molar-refractivity contribution in [2.75, 3.05) is 7.11 Å². The summed E-state index contributed by atoms with van der Waals surface area (Å²) in [5, 5.41) is 3.35. The fraction of sp³-hybridized carbons (Fsp3) is 0.238. The van der Waals surface area contributed by atoms with Crippen LogP contribution in [0.15, 0.2) is 63.7 Å². The molecule has 0 saturated carbocycles. The highest BCUT2D eigenvalue weighted by Crippen LogP contribution is 2.37. The molecular formula is C21H22BrNO3. The number of hydrogen-bond donors (Lipinski definition) is 1. The standard InChI is InChI=1S/C21H22BrNO3/c1-15-5-7-16(8-6-15)14-26-21-19(22)10-17(11-20(21)24-2)12-23-13-18-4-3-9-25-18/h3-11,23H,12-14H2,1-2H3. The lowest BCUT2D eigenvalue weighted by Gasteiger charge is -2.15. The third kappa shape index (κ3) is 4.90. The van der Waals surface area contributed by atoms with Crippen LogP contribution in [0.2, 0.25) is 0 Å². The highest BCUT2D eigenvalue weighted by Gasteiger charge is 2.12. The molecule has 0 radical (unpaired) electrons. The maximum Gasteiger partial charge on any atom is 0.175 e. The summed E-state index contributed by atoms with van der Waals surface area (Å²) in [5.74, 6) is 2.33. The molecule has 0 spiro atoms. The van der Waals surface area contributed by atoms with E-state index in [0.717, 1.165) is 21.4 Å². The van der Waals surface area contributed by atoms with Gasteiger partial charge in [0.25, 0.3) is 0 Å². The Morgan fingerprint density at radius 3 is 2.54 bits per heavy atom. The van der Waals surface area contributed by atoms with Crippen molar-refractivity contribution in [3.63, 3.8) is 0 Å². The summed E-state index contributed by atoms with van der Waals surface area (Å²) in [6.07, 6.45) is 1.68. The van der Waals surface area contributed by atoms with Crippen molar-refractivity contribution in [3.8, 4) is 11.5 Å². The molecule has 2 aromatic carbocycles. The molecule has 3 aromatic rings. The van der Waals surface area contributed by atoms with Gasteiger partial charge in [0, 0.05) is 6.54 Å². The lowest BCUT2D eigenvalue weighted by molar-refractivity contribution is 0.282. The Morgan fingerprint density at radius 2 is 1.85 bits per heavy atom. The van der Waals surface area contributed by atoms with Gasteiger partial charge in [-0.05, 0) is 58.2 Å². The Bertz CT molecular complexity index is 829. The molecule has 136 valence electrons. The fourth-order valence-electron chi connectivity index (χ4n) is 2.60. The Labute approximate surface area is 162 Å². The molecule has 0 aliphatic heterocycles. The molecule has 0 saturated heterocycles. The number of ether oxygens (including phenoxy) is 2. The minimum Gasteiger partial charge on any atom is -0.493 e. The van der Waals surface area contributed by atoms with E-state index >= 15 is 0 Å². The van der Waals surface area contributed by atoms with Crippen molar-refractivity contribution in [2.45, 2.75) is 26.6 Å². The van der Waals surface area contributed by atoms with Gasteiger partial charge in [0.2, 0.25) is 0 Å². The van der Waals surface area contributed by atoms with E-state index in [1.165, 1.54) is 5.56 Å². The van der Waals surface area contributed by atoms with Crippen LogP contribution in [0.3, 0.4) is 0 Å². The first-order valence-electron chi connectivity index (χ1n) is 8.43. The normalized spacial score (nSPS) is 10.7. The van der Waals surface area contributed by atoms with Crippen molar-refractivity contribution in [3.05, 3.63) is 81.7 Å². The Hall–Kier alpha value is -2.24. The second-order valence-electron chi connectivity index (χ2n) is 6.07. The van der Waals surface area contributed by atoms with Crippen LogP contribution in [-0.2, 0) is 19.7 Å². The van der Waals surface area contributed by atoms with Crippen LogP contribution in [0.25, 0.3) is 0 Å². The van der Waals surface area contributed by atoms with Gasteiger partial charge in [-0.2, -0.15) is 0 Å². The lowest BCUT2D eigenvalue weighted by Crippen LogP contribution is -2.12. The van der Waals surface area contributed by atoms with E-state index in [2.05, 4.69) is 52.4 Å². The van der Waals surface area contributed by atoms with E-state index in [4.69, 9.17) is 13.9 Å². The van der Waals surface area contributed by atoms with Gasteiger partial charge in [-0.3, -0.25) is 0 Å². The number of nitrogens with one attached hydrogen (secondary N) is 1. The van der Waals surface area contributed by atoms with Crippen molar-refractivity contribution in [2.24, 2.45) is 0 Å². The molecule has 0 unspecified atom stereocenters. The highest BCUT2D eigenvalue weighted by atomic mass is 79.9. The number of furan rings is 1. The molecule has 1 aromatic heterocycles. The summed E-state index contributed by atoms with van der Waals surface area (Å²) in [5.41, 5.74) is 3.45. The summed E-state index contributed by atoms with van der Waals surface area (Å²) in [7, 11) is 1.65. The zero-order valence-electron chi connectivity index (χ0n) is 14.9. The van der Waals surface area contributed by atoms with Crippen LogP contribution >= 0.6 is 15.9 Å². The minimum absolute atomic E-state index is 0.491. The van der Waals surface area contributed by atoms with Gasteiger partial charge in [-0.1, -0.05) is 29.8 Å². The molecule has 1 heterocycles. The lowest BCUT2D eigenvalue weighted by atomic mass is 10.1. The quantitative estimate of drug-likeness (QED) is 0.546. The smallest absolute Gasteiger partial charge is 0.175 e. The largest absolute Gasteiger partial charge is 0.493 e. The molecular weight excluding hydrogens is 394 g/mol. The van der Waals surface area contributed by atoms with Gasteiger partial charge in [-0.15, -0.1) is 0 Å². The van der Waals surface area contributed by atoms with Crippen LogP contribution in [0.5, 0.6) is 11.5 Å². The maximum absolute atomic E-state index is 6.00. The van der Waals surface area contributed by atoms with Crippen molar-refractivity contribution in [1.82, 2.24) is 5.32 Å². The first-order valence-corrected chi connectivity index (χ1v) is 9.23. The first kappa shape index (κ1) is 18.5. The van der Waals surface area contributed by atoms with Crippen LogP contribution < -0.4 is 14.8 Å². The molecule has 1 N–H and O–H groups in total. The molecule has 0 amide bonds. The number of methoxy groups -OCH3 is 1. The number of benzene rings is 2. The second kappa shape index (κ2) is 8.92. The maximum atomic E-state index is 6.00. The average Bonchev–Trinajstić information content (AvgIpc) is 3.15. The third-order valence-electron chi connectivity index (χ3n) is 4.00. The van der Waals surface area contributed by atoms with Crippen LogP contribution in [0.1, 0.15) is 22.5 Å². The van der Waals surface area contributed by atoms with E-state index in [-0.39, 0.29) is 0 Å². The highest BCUT2D eigenvalue weighted by molar-refractivity contribution is 9.10. The van der Waals surface area contributed by atoms with Gasteiger partial charge in [-0.25, -0.2) is 0 Å². The molecule has 5 heteroatoms. The molecule has 0 aliphatic rings.